The number of aryl methyl sites for hydroxylation is 2. The van der Waals surface area contributed by atoms with E-state index in [4.69, 9.17) is 4.98 Å². The van der Waals surface area contributed by atoms with Crippen LogP contribution in [0.3, 0.4) is 0 Å². The number of nitrogens with one attached hydrogen (secondary N) is 1. The van der Waals surface area contributed by atoms with Crippen LogP contribution in [0, 0.1) is 0 Å². The van der Waals surface area contributed by atoms with Crippen LogP contribution in [0.5, 0.6) is 0 Å². The number of nitrogens with zero attached hydrogens (tertiary/aromatic N) is 3. The summed E-state index contributed by atoms with van der Waals surface area (Å²) in [6.45, 7) is 12.1. The molecule has 0 aliphatic rings. The average Bonchev–Trinajstić information content (AvgIpc) is 3.07. The Kier molecular flexibility index (Phi) is 6.64. The monoisotopic (exact) mass is 410 g/mol. The van der Waals surface area contributed by atoms with Crippen molar-refractivity contribution in [3.8, 4) is 11.4 Å². The van der Waals surface area contributed by atoms with Crippen LogP contribution >= 0.6 is 0 Å². The highest BCUT2D eigenvalue weighted by Crippen LogP contribution is 2.27. The van der Waals surface area contributed by atoms with Crippen molar-refractivity contribution in [2.24, 2.45) is 0 Å². The predicted molar refractivity (Wildman–Crippen MR) is 123 cm³/mol. The van der Waals surface area contributed by atoms with Crippen LogP contribution in [0.4, 0.5) is 0 Å². The number of imidazole rings is 1. The minimum Gasteiger partial charge on any atom is -0.318 e. The number of benzene rings is 1. The molecule has 162 valence electrons. The van der Waals surface area contributed by atoms with Crippen molar-refractivity contribution in [2.45, 2.75) is 85.2 Å². The van der Waals surface area contributed by atoms with Crippen molar-refractivity contribution in [2.75, 3.05) is 0 Å². The predicted octanol–water partition coefficient (Wildman–Crippen LogP) is 4.84. The summed E-state index contributed by atoms with van der Waals surface area (Å²) >= 11 is 0. The van der Waals surface area contributed by atoms with Gasteiger partial charge >= 0.3 is 5.69 Å². The lowest BCUT2D eigenvalue weighted by atomic mass is 9.87. The lowest BCUT2D eigenvalue weighted by Gasteiger charge is -2.19. The van der Waals surface area contributed by atoms with Crippen molar-refractivity contribution in [1.82, 2.24) is 19.1 Å². The lowest BCUT2D eigenvalue weighted by molar-refractivity contribution is 0.590. The number of fused-ring (bicyclic) bond motifs is 1. The third-order valence-electron chi connectivity index (χ3n) is 5.62. The highest BCUT2D eigenvalue weighted by Gasteiger charge is 2.20. The summed E-state index contributed by atoms with van der Waals surface area (Å²) in [6.07, 6.45) is 4.96. The summed E-state index contributed by atoms with van der Waals surface area (Å²) in [5.74, 6) is 0.753. The van der Waals surface area contributed by atoms with Gasteiger partial charge in [-0.25, -0.2) is 9.78 Å². The molecule has 2 aromatic heterocycles. The van der Waals surface area contributed by atoms with E-state index in [1.54, 1.807) is 4.57 Å². The first-order valence-corrected chi connectivity index (χ1v) is 11.1. The molecule has 0 radical (unpaired) electrons. The Morgan fingerprint density at radius 1 is 0.900 bits per heavy atom. The number of rotatable bonds is 8. The second-order valence-corrected chi connectivity index (χ2v) is 9.06. The van der Waals surface area contributed by atoms with E-state index in [1.807, 2.05) is 4.57 Å². The number of hydrogen-bond acceptors (Lipinski definition) is 3. The molecule has 0 bridgehead atoms. The summed E-state index contributed by atoms with van der Waals surface area (Å²) < 4.78 is 3.61. The van der Waals surface area contributed by atoms with E-state index in [1.165, 1.54) is 5.56 Å². The normalized spacial score (nSPS) is 12.0. The van der Waals surface area contributed by atoms with Gasteiger partial charge in [0.2, 0.25) is 0 Å². The second-order valence-electron chi connectivity index (χ2n) is 9.06. The van der Waals surface area contributed by atoms with E-state index in [-0.39, 0.29) is 16.7 Å². The van der Waals surface area contributed by atoms with Crippen molar-refractivity contribution < 1.29 is 0 Å². The highest BCUT2D eigenvalue weighted by atomic mass is 16.2. The van der Waals surface area contributed by atoms with Gasteiger partial charge in [-0.2, -0.15) is 0 Å². The van der Waals surface area contributed by atoms with Crippen LogP contribution in [0.2, 0.25) is 0 Å². The third kappa shape index (κ3) is 4.42. The van der Waals surface area contributed by atoms with Gasteiger partial charge in [0.25, 0.3) is 5.56 Å². The van der Waals surface area contributed by atoms with Gasteiger partial charge in [-0.15, -0.1) is 0 Å². The molecule has 0 unspecified atom stereocenters. The topological polar surface area (TPSA) is 72.7 Å². The van der Waals surface area contributed by atoms with Gasteiger partial charge in [-0.3, -0.25) is 14.3 Å². The van der Waals surface area contributed by atoms with Crippen LogP contribution in [0.25, 0.3) is 22.6 Å². The number of H-pyrrole nitrogens is 1. The number of unbranched alkanes of at least 4 members (excludes halogenated alkanes) is 3. The van der Waals surface area contributed by atoms with Crippen LogP contribution in [-0.4, -0.2) is 19.1 Å². The fourth-order valence-corrected chi connectivity index (χ4v) is 3.77. The Balaban J connectivity index is 2.21. The largest absolute Gasteiger partial charge is 0.330 e. The van der Waals surface area contributed by atoms with Gasteiger partial charge < -0.3 is 4.57 Å². The molecule has 6 heteroatoms. The van der Waals surface area contributed by atoms with Crippen LogP contribution in [0.1, 0.15) is 72.3 Å². The van der Waals surface area contributed by atoms with E-state index in [0.717, 1.165) is 43.5 Å². The second kappa shape index (κ2) is 9.02. The summed E-state index contributed by atoms with van der Waals surface area (Å²) in [5.41, 5.74) is 2.53. The van der Waals surface area contributed by atoms with Crippen molar-refractivity contribution in [3.63, 3.8) is 0 Å². The molecule has 3 aromatic rings. The Labute approximate surface area is 178 Å². The number of aromatic amines is 1. The zero-order valence-electron chi connectivity index (χ0n) is 18.9. The summed E-state index contributed by atoms with van der Waals surface area (Å²) in [5, 5.41) is 0. The van der Waals surface area contributed by atoms with E-state index in [0.29, 0.717) is 24.3 Å². The maximum absolute atomic E-state index is 12.8. The lowest BCUT2D eigenvalue weighted by Crippen LogP contribution is -2.31. The van der Waals surface area contributed by atoms with E-state index < -0.39 is 0 Å². The van der Waals surface area contributed by atoms with Crippen LogP contribution in [-0.2, 0) is 18.5 Å². The van der Waals surface area contributed by atoms with Crippen LogP contribution < -0.4 is 11.2 Å². The fraction of sp³-hybridized carbons (Fsp3) is 0.542. The molecule has 0 aliphatic heterocycles. The minimum absolute atomic E-state index is 0.0670. The zero-order chi connectivity index (χ0) is 21.9. The molecule has 0 fully saturated rings. The molecule has 0 saturated heterocycles. The molecule has 6 nitrogen and oxygen atoms in total. The first-order chi connectivity index (χ1) is 14.3. The Morgan fingerprint density at radius 3 is 2.13 bits per heavy atom. The van der Waals surface area contributed by atoms with E-state index in [2.05, 4.69) is 63.9 Å². The van der Waals surface area contributed by atoms with Gasteiger partial charge in [0.15, 0.2) is 11.2 Å². The Bertz CT molecular complexity index is 1110. The molecule has 1 aromatic carbocycles. The molecule has 2 heterocycles. The molecular weight excluding hydrogens is 376 g/mol. The Hall–Kier alpha value is -2.63. The maximum Gasteiger partial charge on any atom is 0.330 e. The van der Waals surface area contributed by atoms with Crippen LogP contribution in [0.15, 0.2) is 33.9 Å². The first kappa shape index (κ1) is 22.1. The van der Waals surface area contributed by atoms with Gasteiger partial charge in [0.05, 0.1) is 0 Å². The van der Waals surface area contributed by atoms with Gasteiger partial charge in [0.1, 0.15) is 5.82 Å². The van der Waals surface area contributed by atoms with Gasteiger partial charge in [0, 0.05) is 18.7 Å². The molecule has 0 amide bonds. The quantitative estimate of drug-likeness (QED) is 0.540. The first-order valence-electron chi connectivity index (χ1n) is 11.1. The summed E-state index contributed by atoms with van der Waals surface area (Å²) in [7, 11) is 0. The van der Waals surface area contributed by atoms with E-state index >= 15 is 0 Å². The highest BCUT2D eigenvalue weighted by molar-refractivity contribution is 5.77. The fourth-order valence-electron chi connectivity index (χ4n) is 3.77. The SMILES string of the molecule is CCCCCn1c(-c2ccc(C(C)(C)C)cc2)nc2c1c(=O)[nH]c(=O)n2CCCC. The smallest absolute Gasteiger partial charge is 0.318 e. The van der Waals surface area contributed by atoms with Crippen molar-refractivity contribution >= 4 is 11.2 Å². The maximum atomic E-state index is 12.8. The molecule has 0 atom stereocenters. The number of hydrogen-bond donors (Lipinski definition) is 1. The molecular formula is C24H34N4O2. The average molecular weight is 411 g/mol. The Morgan fingerprint density at radius 2 is 1.53 bits per heavy atom. The van der Waals surface area contributed by atoms with Crippen molar-refractivity contribution in [3.05, 3.63) is 50.7 Å². The van der Waals surface area contributed by atoms with Crippen molar-refractivity contribution in [1.29, 1.82) is 0 Å². The summed E-state index contributed by atoms with van der Waals surface area (Å²) in [4.78, 5) is 32.6. The minimum atomic E-state index is -0.381. The summed E-state index contributed by atoms with van der Waals surface area (Å²) in [6, 6.07) is 8.39. The molecule has 0 aliphatic carbocycles. The third-order valence-corrected chi connectivity index (χ3v) is 5.62. The van der Waals surface area contributed by atoms with E-state index in [9.17, 15) is 9.59 Å². The van der Waals surface area contributed by atoms with Gasteiger partial charge in [-0.1, -0.05) is 78.1 Å². The van der Waals surface area contributed by atoms with Gasteiger partial charge in [-0.05, 0) is 23.8 Å². The molecule has 0 spiro atoms. The molecule has 30 heavy (non-hydrogen) atoms. The molecule has 0 saturated carbocycles. The standard InChI is InChI=1S/C24H34N4O2/c1-6-8-10-16-27-19-21(28(15-9-7-2)23(30)26-22(19)29)25-20(27)17-11-13-18(14-12-17)24(3,4)5/h11-14H,6-10,15-16H2,1-5H3,(H,26,29,30). The number of aromatic nitrogens is 4. The molecule has 3 rings (SSSR count). The molecule has 1 N–H and O–H groups in total. The zero-order valence-corrected chi connectivity index (χ0v) is 18.9.